The minimum Gasteiger partial charge on any atom is -0.484 e. The smallest absolute Gasteiger partial charge is 0.178 e. The number of rotatable bonds is 5. The van der Waals surface area contributed by atoms with Gasteiger partial charge in [-0.05, 0) is 12.1 Å². The van der Waals surface area contributed by atoms with E-state index in [9.17, 15) is 9.83 Å². The van der Waals surface area contributed by atoms with Crippen LogP contribution in [-0.4, -0.2) is 6.35 Å². The Kier molecular flexibility index (Phi) is 5.18. The van der Waals surface area contributed by atoms with Crippen molar-refractivity contribution in [1.29, 1.82) is 10.5 Å². The van der Waals surface area contributed by atoms with Gasteiger partial charge in [0.05, 0.1) is 5.56 Å². The number of hydrogen-bond donors (Lipinski definition) is 0. The molecule has 0 spiro atoms. The van der Waals surface area contributed by atoms with Gasteiger partial charge in [-0.25, -0.2) is 0 Å². The van der Waals surface area contributed by atoms with Crippen LogP contribution in [0.15, 0.2) is 78.9 Å². The molecule has 5 heteroatoms. The van der Waals surface area contributed by atoms with Crippen molar-refractivity contribution in [2.75, 3.05) is 6.35 Å². The van der Waals surface area contributed by atoms with Crippen LogP contribution in [0.4, 0.5) is 0 Å². The molecule has 4 nitrogen and oxygen atoms in total. The summed E-state index contributed by atoms with van der Waals surface area (Å²) >= 11 is 0. The third kappa shape index (κ3) is 3.38. The number of benzene rings is 3. The molecule has 0 unspecified atom stereocenters. The monoisotopic (exact) mass is 358 g/mol. The predicted molar refractivity (Wildman–Crippen MR) is 101 cm³/mol. The van der Waals surface area contributed by atoms with Crippen molar-refractivity contribution in [3.63, 3.8) is 0 Å². The lowest BCUT2D eigenvalue weighted by atomic mass is 10.1. The molecule has 0 bridgehead atoms. The van der Waals surface area contributed by atoms with Crippen LogP contribution in [-0.2, 0) is 4.57 Å². The van der Waals surface area contributed by atoms with Crippen molar-refractivity contribution in [2.24, 2.45) is 0 Å². The molecule has 0 aromatic heterocycles. The fourth-order valence-corrected chi connectivity index (χ4v) is 4.88. The molecule has 0 heterocycles. The lowest BCUT2D eigenvalue weighted by Gasteiger charge is -2.20. The van der Waals surface area contributed by atoms with Gasteiger partial charge in [0, 0.05) is 10.6 Å². The fourth-order valence-electron chi connectivity index (χ4n) is 2.66. The SMILES string of the molecule is N#Cc1cccc(OCP(=O)(c2ccccc2)c2ccccc2)c1C#N. The van der Waals surface area contributed by atoms with Crippen molar-refractivity contribution in [3.8, 4) is 17.9 Å². The maximum Gasteiger partial charge on any atom is 0.178 e. The van der Waals surface area contributed by atoms with Gasteiger partial charge in [0.2, 0.25) is 0 Å². The Hall–Kier alpha value is -3.33. The van der Waals surface area contributed by atoms with Gasteiger partial charge < -0.3 is 9.30 Å². The zero-order valence-electron chi connectivity index (χ0n) is 13.9. The second-order valence-corrected chi connectivity index (χ2v) is 8.36. The molecule has 26 heavy (non-hydrogen) atoms. The molecule has 0 amide bonds. The van der Waals surface area contributed by atoms with Crippen LogP contribution >= 0.6 is 7.14 Å². The molecule has 0 saturated heterocycles. The Morgan fingerprint density at radius 3 is 1.85 bits per heavy atom. The van der Waals surface area contributed by atoms with E-state index in [0.29, 0.717) is 10.6 Å². The van der Waals surface area contributed by atoms with Crippen LogP contribution in [0, 0.1) is 22.7 Å². The molecule has 0 aliphatic heterocycles. The summed E-state index contributed by atoms with van der Waals surface area (Å²) in [6.07, 6.45) is -0.0927. The minimum absolute atomic E-state index is 0.0927. The van der Waals surface area contributed by atoms with E-state index in [-0.39, 0.29) is 23.2 Å². The summed E-state index contributed by atoms with van der Waals surface area (Å²) in [7, 11) is -3.06. The van der Waals surface area contributed by atoms with E-state index in [0.717, 1.165) is 0 Å². The van der Waals surface area contributed by atoms with E-state index in [4.69, 9.17) is 10.00 Å². The van der Waals surface area contributed by atoms with Crippen molar-refractivity contribution < 1.29 is 9.30 Å². The predicted octanol–water partition coefficient (Wildman–Crippen LogP) is 3.78. The van der Waals surface area contributed by atoms with Gasteiger partial charge in [-0.15, -0.1) is 0 Å². The van der Waals surface area contributed by atoms with E-state index in [2.05, 4.69) is 0 Å². The molecule has 0 fully saturated rings. The highest BCUT2D eigenvalue weighted by molar-refractivity contribution is 7.78. The fraction of sp³-hybridized carbons (Fsp3) is 0.0476. The van der Waals surface area contributed by atoms with E-state index >= 15 is 0 Å². The van der Waals surface area contributed by atoms with Crippen molar-refractivity contribution in [2.45, 2.75) is 0 Å². The van der Waals surface area contributed by atoms with Gasteiger partial charge >= 0.3 is 0 Å². The van der Waals surface area contributed by atoms with Gasteiger partial charge in [-0.3, -0.25) is 0 Å². The second kappa shape index (κ2) is 7.70. The first-order valence-electron chi connectivity index (χ1n) is 7.95. The number of nitriles is 2. The molecular formula is C21H15N2O2P. The Balaban J connectivity index is 2.01. The zero-order valence-corrected chi connectivity index (χ0v) is 14.8. The number of ether oxygens (including phenoxy) is 1. The molecule has 0 radical (unpaired) electrons. The third-order valence-electron chi connectivity index (χ3n) is 4.01. The van der Waals surface area contributed by atoms with Crippen LogP contribution < -0.4 is 15.3 Å². The molecule has 0 aliphatic carbocycles. The Morgan fingerprint density at radius 1 is 0.769 bits per heavy atom. The average molecular weight is 358 g/mol. The Bertz CT molecular complexity index is 992. The van der Waals surface area contributed by atoms with Gasteiger partial charge in [0.15, 0.2) is 7.14 Å². The molecule has 0 aliphatic rings. The first-order valence-corrected chi connectivity index (χ1v) is 9.84. The molecular weight excluding hydrogens is 343 g/mol. The van der Waals surface area contributed by atoms with Gasteiger partial charge in [0.25, 0.3) is 0 Å². The summed E-state index contributed by atoms with van der Waals surface area (Å²) in [5.74, 6) is 0.263. The normalized spacial score (nSPS) is 10.5. The van der Waals surface area contributed by atoms with Crippen molar-refractivity contribution >= 4 is 17.8 Å². The quantitative estimate of drug-likeness (QED) is 0.651. The van der Waals surface area contributed by atoms with Crippen LogP contribution in [0.2, 0.25) is 0 Å². The van der Waals surface area contributed by atoms with Gasteiger partial charge in [0.1, 0.15) is 29.8 Å². The molecule has 0 atom stereocenters. The van der Waals surface area contributed by atoms with E-state index < -0.39 is 7.14 Å². The first kappa shape index (κ1) is 17.5. The lowest BCUT2D eigenvalue weighted by Crippen LogP contribution is -2.21. The summed E-state index contributed by atoms with van der Waals surface area (Å²) in [5, 5.41) is 19.9. The summed E-state index contributed by atoms with van der Waals surface area (Å²) in [6.45, 7) is 0. The second-order valence-electron chi connectivity index (χ2n) is 5.59. The molecule has 3 rings (SSSR count). The maximum atomic E-state index is 13.9. The van der Waals surface area contributed by atoms with Crippen LogP contribution in [0.1, 0.15) is 11.1 Å². The van der Waals surface area contributed by atoms with Crippen LogP contribution in [0.3, 0.4) is 0 Å². The highest BCUT2D eigenvalue weighted by atomic mass is 31.2. The Morgan fingerprint density at radius 2 is 1.35 bits per heavy atom. The van der Waals surface area contributed by atoms with Crippen molar-refractivity contribution in [3.05, 3.63) is 90.0 Å². The van der Waals surface area contributed by atoms with Gasteiger partial charge in [-0.2, -0.15) is 10.5 Å². The largest absolute Gasteiger partial charge is 0.484 e. The summed E-state index contributed by atoms with van der Waals surface area (Å²) < 4.78 is 19.7. The summed E-state index contributed by atoms with van der Waals surface area (Å²) in [6, 6.07) is 27.1. The highest BCUT2D eigenvalue weighted by Crippen LogP contribution is 2.43. The molecule has 0 N–H and O–H groups in total. The molecule has 126 valence electrons. The van der Waals surface area contributed by atoms with E-state index in [1.807, 2.05) is 72.8 Å². The molecule has 3 aromatic rings. The summed E-state index contributed by atoms with van der Waals surface area (Å²) in [5.41, 5.74) is 0.391. The van der Waals surface area contributed by atoms with Crippen LogP contribution in [0.5, 0.6) is 5.75 Å². The Labute approximate surface area is 152 Å². The summed E-state index contributed by atoms with van der Waals surface area (Å²) in [4.78, 5) is 0. The molecule has 0 saturated carbocycles. The third-order valence-corrected chi connectivity index (χ3v) is 6.76. The van der Waals surface area contributed by atoms with E-state index in [1.54, 1.807) is 18.2 Å². The maximum absolute atomic E-state index is 13.9. The number of nitrogens with zero attached hydrogens (tertiary/aromatic N) is 2. The zero-order chi connectivity index (χ0) is 18.4. The van der Waals surface area contributed by atoms with Crippen LogP contribution in [0.25, 0.3) is 0 Å². The lowest BCUT2D eigenvalue weighted by molar-refractivity contribution is 0.378. The topological polar surface area (TPSA) is 73.9 Å². The van der Waals surface area contributed by atoms with Gasteiger partial charge in [-0.1, -0.05) is 66.7 Å². The van der Waals surface area contributed by atoms with E-state index in [1.165, 1.54) is 0 Å². The highest BCUT2D eigenvalue weighted by Gasteiger charge is 2.28. The molecule has 3 aromatic carbocycles. The minimum atomic E-state index is -3.06. The standard InChI is InChI=1S/C21H15N2O2P/c22-14-17-8-7-13-21(20(17)15-23)25-16-26(24,18-9-3-1-4-10-18)19-11-5-2-6-12-19/h1-13H,16H2. The number of hydrogen-bond acceptors (Lipinski definition) is 4. The average Bonchev–Trinajstić information content (AvgIpc) is 2.72. The van der Waals surface area contributed by atoms with Crippen molar-refractivity contribution in [1.82, 2.24) is 0 Å². The first-order chi connectivity index (χ1) is 12.7.